The van der Waals surface area contributed by atoms with Crippen LogP contribution in [0.5, 0.6) is 0 Å². The minimum absolute atomic E-state index is 0.581. The smallest absolute Gasteiger partial charge is 0.0474 e. The third-order valence-corrected chi connectivity index (χ3v) is 2.73. The summed E-state index contributed by atoms with van der Waals surface area (Å²) in [6.45, 7) is 4.14. The van der Waals surface area contributed by atoms with Crippen molar-refractivity contribution in [1.82, 2.24) is 5.32 Å². The summed E-state index contributed by atoms with van der Waals surface area (Å²) in [5, 5.41) is 3.51. The maximum Gasteiger partial charge on any atom is 0.0474 e. The second-order valence-corrected chi connectivity index (χ2v) is 4.23. The lowest BCUT2D eigenvalue weighted by atomic mass is 10.1. The van der Waals surface area contributed by atoms with Gasteiger partial charge in [0.15, 0.2) is 0 Å². The zero-order chi connectivity index (χ0) is 11.6. The average molecular weight is 221 g/mol. The predicted octanol–water partition coefficient (Wildman–Crippen LogP) is 2.63. The fourth-order valence-electron chi connectivity index (χ4n) is 1.69. The van der Waals surface area contributed by atoms with Gasteiger partial charge in [0.1, 0.15) is 0 Å². The van der Waals surface area contributed by atoms with Crippen LogP contribution in [0.2, 0.25) is 0 Å². The molecule has 0 aromatic heterocycles. The summed E-state index contributed by atoms with van der Waals surface area (Å²) >= 11 is 0. The number of rotatable bonds is 8. The fraction of sp³-hybridized carbons (Fsp3) is 0.571. The quantitative estimate of drug-likeness (QED) is 0.681. The molecule has 2 nitrogen and oxygen atoms in total. The molecule has 0 aliphatic heterocycles. The van der Waals surface area contributed by atoms with Crippen LogP contribution in [0.4, 0.5) is 0 Å². The van der Waals surface area contributed by atoms with E-state index in [2.05, 4.69) is 42.6 Å². The van der Waals surface area contributed by atoms with Crippen molar-refractivity contribution >= 4 is 0 Å². The van der Waals surface area contributed by atoms with Crippen LogP contribution in [-0.4, -0.2) is 26.3 Å². The van der Waals surface area contributed by atoms with Gasteiger partial charge in [-0.15, -0.1) is 0 Å². The normalized spacial score (nSPS) is 12.6. The van der Waals surface area contributed by atoms with E-state index < -0.39 is 0 Å². The molecule has 1 unspecified atom stereocenters. The summed E-state index contributed by atoms with van der Waals surface area (Å²) in [4.78, 5) is 0. The minimum atomic E-state index is 0.581. The monoisotopic (exact) mass is 221 g/mol. The highest BCUT2D eigenvalue weighted by molar-refractivity contribution is 5.14. The Kier molecular flexibility index (Phi) is 6.86. The van der Waals surface area contributed by atoms with Crippen LogP contribution in [0.1, 0.15) is 25.3 Å². The first-order valence-corrected chi connectivity index (χ1v) is 6.09. The van der Waals surface area contributed by atoms with Crippen LogP contribution in [-0.2, 0) is 11.2 Å². The summed E-state index contributed by atoms with van der Waals surface area (Å²) in [5.41, 5.74) is 1.42. The van der Waals surface area contributed by atoms with Crippen molar-refractivity contribution in [3.63, 3.8) is 0 Å². The molecule has 0 saturated heterocycles. The number of hydrogen-bond donors (Lipinski definition) is 1. The van der Waals surface area contributed by atoms with Crippen LogP contribution in [0.15, 0.2) is 30.3 Å². The molecule has 0 bridgehead atoms. The molecule has 0 spiro atoms. The van der Waals surface area contributed by atoms with Crippen molar-refractivity contribution in [2.75, 3.05) is 20.3 Å². The first-order chi connectivity index (χ1) is 7.83. The maximum atomic E-state index is 5.01. The molecular formula is C14H23NO. The van der Waals surface area contributed by atoms with Gasteiger partial charge in [-0.3, -0.25) is 0 Å². The first kappa shape index (κ1) is 13.2. The van der Waals surface area contributed by atoms with Gasteiger partial charge in [0.05, 0.1) is 0 Å². The van der Waals surface area contributed by atoms with Gasteiger partial charge in [0, 0.05) is 19.8 Å². The number of ether oxygens (including phenoxy) is 1. The van der Waals surface area contributed by atoms with Crippen LogP contribution in [0.3, 0.4) is 0 Å². The topological polar surface area (TPSA) is 21.3 Å². The molecule has 0 aliphatic carbocycles. The van der Waals surface area contributed by atoms with E-state index in [4.69, 9.17) is 4.74 Å². The van der Waals surface area contributed by atoms with E-state index in [1.165, 1.54) is 12.0 Å². The molecule has 1 N–H and O–H groups in total. The van der Waals surface area contributed by atoms with Crippen molar-refractivity contribution in [3.05, 3.63) is 35.9 Å². The van der Waals surface area contributed by atoms with Crippen molar-refractivity contribution in [1.29, 1.82) is 0 Å². The Hall–Kier alpha value is -0.860. The predicted molar refractivity (Wildman–Crippen MR) is 68.7 cm³/mol. The van der Waals surface area contributed by atoms with Crippen LogP contribution in [0, 0.1) is 0 Å². The second-order valence-electron chi connectivity index (χ2n) is 4.23. The van der Waals surface area contributed by atoms with Gasteiger partial charge in [0.2, 0.25) is 0 Å². The third-order valence-electron chi connectivity index (χ3n) is 2.73. The maximum absolute atomic E-state index is 5.01. The Morgan fingerprint density at radius 2 is 2.00 bits per heavy atom. The fourth-order valence-corrected chi connectivity index (χ4v) is 1.69. The van der Waals surface area contributed by atoms with Crippen molar-refractivity contribution in [3.8, 4) is 0 Å². The van der Waals surface area contributed by atoms with E-state index in [0.717, 1.165) is 26.0 Å². The molecule has 0 radical (unpaired) electrons. The first-order valence-electron chi connectivity index (χ1n) is 6.09. The number of methoxy groups -OCH3 is 1. The lowest BCUT2D eigenvalue weighted by molar-refractivity contribution is 0.193. The van der Waals surface area contributed by atoms with Crippen molar-refractivity contribution in [2.24, 2.45) is 0 Å². The largest absolute Gasteiger partial charge is 0.385 e. The summed E-state index contributed by atoms with van der Waals surface area (Å²) < 4.78 is 5.01. The van der Waals surface area contributed by atoms with Gasteiger partial charge in [0.25, 0.3) is 0 Å². The Labute approximate surface area is 99.0 Å². The summed E-state index contributed by atoms with van der Waals surface area (Å²) in [7, 11) is 1.75. The number of nitrogens with one attached hydrogen (secondary N) is 1. The molecule has 1 rings (SSSR count). The highest BCUT2D eigenvalue weighted by atomic mass is 16.5. The summed E-state index contributed by atoms with van der Waals surface area (Å²) in [6, 6.07) is 11.2. The Morgan fingerprint density at radius 1 is 1.25 bits per heavy atom. The van der Waals surface area contributed by atoms with E-state index in [9.17, 15) is 0 Å². The zero-order valence-corrected chi connectivity index (χ0v) is 10.4. The average Bonchev–Trinajstić information content (AvgIpc) is 2.33. The Balaban J connectivity index is 2.08. The summed E-state index contributed by atoms with van der Waals surface area (Å²) in [5.74, 6) is 0. The highest BCUT2D eigenvalue weighted by Crippen LogP contribution is 2.04. The van der Waals surface area contributed by atoms with E-state index >= 15 is 0 Å². The molecule has 1 aromatic rings. The SMILES string of the molecule is COCCCNC(C)CCc1ccccc1. The molecule has 0 saturated carbocycles. The molecule has 1 atom stereocenters. The van der Waals surface area contributed by atoms with Crippen LogP contribution < -0.4 is 5.32 Å². The minimum Gasteiger partial charge on any atom is -0.385 e. The van der Waals surface area contributed by atoms with Crippen molar-refractivity contribution in [2.45, 2.75) is 32.2 Å². The van der Waals surface area contributed by atoms with Crippen molar-refractivity contribution < 1.29 is 4.74 Å². The number of benzene rings is 1. The molecular weight excluding hydrogens is 198 g/mol. The van der Waals surface area contributed by atoms with Crippen LogP contribution in [0.25, 0.3) is 0 Å². The lowest BCUT2D eigenvalue weighted by Gasteiger charge is -2.13. The van der Waals surface area contributed by atoms with E-state index in [1.54, 1.807) is 7.11 Å². The second kappa shape index (κ2) is 8.31. The number of aryl methyl sites for hydroxylation is 1. The zero-order valence-electron chi connectivity index (χ0n) is 10.4. The van der Waals surface area contributed by atoms with E-state index in [-0.39, 0.29) is 0 Å². The molecule has 0 fully saturated rings. The highest BCUT2D eigenvalue weighted by Gasteiger charge is 2.01. The van der Waals surface area contributed by atoms with Gasteiger partial charge < -0.3 is 10.1 Å². The van der Waals surface area contributed by atoms with Gasteiger partial charge in [-0.05, 0) is 38.3 Å². The van der Waals surface area contributed by atoms with Gasteiger partial charge in [-0.2, -0.15) is 0 Å². The lowest BCUT2D eigenvalue weighted by Crippen LogP contribution is -2.28. The Bertz CT molecular complexity index is 261. The molecule has 0 aliphatic rings. The third kappa shape index (κ3) is 5.89. The van der Waals surface area contributed by atoms with E-state index in [1.807, 2.05) is 0 Å². The Morgan fingerprint density at radius 3 is 2.69 bits per heavy atom. The molecule has 0 heterocycles. The van der Waals surface area contributed by atoms with Gasteiger partial charge in [-0.1, -0.05) is 30.3 Å². The standard InChI is InChI=1S/C14H23NO/c1-13(15-11-6-12-16-2)9-10-14-7-4-3-5-8-14/h3-5,7-8,13,15H,6,9-12H2,1-2H3. The number of hydrogen-bond acceptors (Lipinski definition) is 2. The summed E-state index contributed by atoms with van der Waals surface area (Å²) in [6.07, 6.45) is 3.43. The molecule has 1 aromatic carbocycles. The molecule has 0 amide bonds. The molecule has 2 heteroatoms. The molecule has 90 valence electrons. The van der Waals surface area contributed by atoms with Gasteiger partial charge >= 0.3 is 0 Å². The van der Waals surface area contributed by atoms with Gasteiger partial charge in [-0.25, -0.2) is 0 Å². The molecule has 16 heavy (non-hydrogen) atoms. The van der Waals surface area contributed by atoms with E-state index in [0.29, 0.717) is 6.04 Å². The van der Waals surface area contributed by atoms with Crippen LogP contribution >= 0.6 is 0 Å².